The Hall–Kier alpha value is -1.52. The molecular weight excluding hydrogens is 264 g/mol. The summed E-state index contributed by atoms with van der Waals surface area (Å²) in [7, 11) is 3.68. The van der Waals surface area contributed by atoms with Crippen molar-refractivity contribution in [3.05, 3.63) is 35.4 Å². The van der Waals surface area contributed by atoms with E-state index in [1.165, 1.54) is 0 Å². The molecule has 1 aromatic carbocycles. The first kappa shape index (κ1) is 15.5. The van der Waals surface area contributed by atoms with Crippen molar-refractivity contribution in [2.24, 2.45) is 0 Å². The highest BCUT2D eigenvalue weighted by Crippen LogP contribution is 2.26. The van der Waals surface area contributed by atoms with Gasteiger partial charge in [-0.15, -0.1) is 12.4 Å². The number of nitrogens with zero attached hydrogens (tertiary/aromatic N) is 1. The molecule has 0 bridgehead atoms. The average molecular weight is 283 g/mol. The molecule has 2 rings (SSSR count). The van der Waals surface area contributed by atoms with Gasteiger partial charge in [0, 0.05) is 25.7 Å². The van der Waals surface area contributed by atoms with Gasteiger partial charge in [0.05, 0.1) is 5.57 Å². The van der Waals surface area contributed by atoms with Gasteiger partial charge >= 0.3 is 0 Å². The molecule has 0 aromatic heterocycles. The van der Waals surface area contributed by atoms with Crippen LogP contribution in [0.4, 0.5) is 0 Å². The molecule has 1 amide bonds. The van der Waals surface area contributed by atoms with Crippen molar-refractivity contribution in [2.75, 3.05) is 33.8 Å². The van der Waals surface area contributed by atoms with E-state index in [0.717, 1.165) is 17.9 Å². The van der Waals surface area contributed by atoms with Crippen LogP contribution in [0.3, 0.4) is 0 Å². The quantitative estimate of drug-likeness (QED) is 0.911. The number of benzene rings is 1. The van der Waals surface area contributed by atoms with E-state index in [0.29, 0.717) is 18.7 Å². The minimum absolute atomic E-state index is 0. The molecule has 0 fully saturated rings. The molecule has 19 heavy (non-hydrogen) atoms. The zero-order chi connectivity index (χ0) is 13.0. The van der Waals surface area contributed by atoms with E-state index in [4.69, 9.17) is 4.74 Å². The van der Waals surface area contributed by atoms with Gasteiger partial charge in [0.2, 0.25) is 0 Å². The molecule has 1 aliphatic rings. The third-order valence-electron chi connectivity index (χ3n) is 2.95. The Bertz CT molecular complexity index is 474. The summed E-state index contributed by atoms with van der Waals surface area (Å²) in [6.07, 6.45) is 1.91. The molecule has 4 nitrogen and oxygen atoms in total. The number of halogens is 1. The number of ether oxygens (including phenoxy) is 1. The second-order valence-electron chi connectivity index (χ2n) is 4.33. The molecule has 1 aromatic rings. The van der Waals surface area contributed by atoms with Gasteiger partial charge < -0.3 is 15.0 Å². The molecule has 1 aliphatic heterocycles. The molecule has 1 N–H and O–H groups in total. The monoisotopic (exact) mass is 282 g/mol. The lowest BCUT2D eigenvalue weighted by Gasteiger charge is -2.22. The summed E-state index contributed by atoms with van der Waals surface area (Å²) in [5.74, 6) is 0.867. The predicted octanol–water partition coefficient (Wildman–Crippen LogP) is 1.56. The fourth-order valence-corrected chi connectivity index (χ4v) is 1.87. The van der Waals surface area contributed by atoms with Gasteiger partial charge in [-0.25, -0.2) is 0 Å². The smallest absolute Gasteiger partial charge is 0.253 e. The van der Waals surface area contributed by atoms with Crippen LogP contribution in [0.2, 0.25) is 0 Å². The molecule has 5 heteroatoms. The Balaban J connectivity index is 0.00000180. The summed E-state index contributed by atoms with van der Waals surface area (Å²) >= 11 is 0. The van der Waals surface area contributed by atoms with Crippen LogP contribution in [-0.2, 0) is 4.79 Å². The van der Waals surface area contributed by atoms with Gasteiger partial charge in [0.1, 0.15) is 12.4 Å². The lowest BCUT2D eigenvalue weighted by atomic mass is 10.1. The van der Waals surface area contributed by atoms with E-state index in [2.05, 4.69) is 5.32 Å². The van der Waals surface area contributed by atoms with Crippen molar-refractivity contribution in [3.8, 4) is 5.75 Å². The van der Waals surface area contributed by atoms with Crippen LogP contribution in [0.15, 0.2) is 29.8 Å². The molecule has 0 aliphatic carbocycles. The van der Waals surface area contributed by atoms with Gasteiger partial charge in [-0.05, 0) is 19.2 Å². The third kappa shape index (κ3) is 3.72. The number of para-hydroxylation sites is 1. The maximum absolute atomic E-state index is 12.2. The van der Waals surface area contributed by atoms with E-state index in [1.807, 2.05) is 37.4 Å². The molecule has 0 radical (unpaired) electrons. The highest BCUT2D eigenvalue weighted by atomic mass is 35.5. The lowest BCUT2D eigenvalue weighted by Crippen LogP contribution is -2.35. The number of hydrogen-bond acceptors (Lipinski definition) is 3. The normalized spacial score (nSPS) is 12.6. The fourth-order valence-electron chi connectivity index (χ4n) is 1.87. The van der Waals surface area contributed by atoms with Crippen molar-refractivity contribution in [2.45, 2.75) is 0 Å². The van der Waals surface area contributed by atoms with Crippen LogP contribution in [-0.4, -0.2) is 44.6 Å². The number of amides is 1. The van der Waals surface area contributed by atoms with E-state index >= 15 is 0 Å². The first-order chi connectivity index (χ1) is 8.72. The van der Waals surface area contributed by atoms with Crippen LogP contribution in [0.25, 0.3) is 6.08 Å². The number of rotatable bonds is 4. The van der Waals surface area contributed by atoms with Gasteiger partial charge in [-0.1, -0.05) is 18.2 Å². The summed E-state index contributed by atoms with van der Waals surface area (Å²) in [4.78, 5) is 13.9. The third-order valence-corrected chi connectivity index (χ3v) is 2.95. The number of likely N-dealkylation sites (N-methyl/N-ethyl adjacent to an activating group) is 2. The van der Waals surface area contributed by atoms with Crippen molar-refractivity contribution in [3.63, 3.8) is 0 Å². The Morgan fingerprint density at radius 1 is 1.42 bits per heavy atom. The van der Waals surface area contributed by atoms with Crippen molar-refractivity contribution >= 4 is 24.4 Å². The molecule has 0 saturated carbocycles. The molecule has 1 heterocycles. The van der Waals surface area contributed by atoms with E-state index < -0.39 is 0 Å². The number of hydrogen-bond donors (Lipinski definition) is 1. The van der Waals surface area contributed by atoms with Crippen molar-refractivity contribution in [1.29, 1.82) is 0 Å². The van der Waals surface area contributed by atoms with Crippen molar-refractivity contribution < 1.29 is 9.53 Å². The van der Waals surface area contributed by atoms with Crippen LogP contribution in [0.1, 0.15) is 5.56 Å². The highest BCUT2D eigenvalue weighted by Gasteiger charge is 2.19. The summed E-state index contributed by atoms with van der Waals surface area (Å²) in [5.41, 5.74) is 1.67. The predicted molar refractivity (Wildman–Crippen MR) is 78.7 cm³/mol. The number of carbonyl (C=O) groups is 1. The maximum Gasteiger partial charge on any atom is 0.253 e. The molecule has 104 valence electrons. The number of carbonyl (C=O) groups excluding carboxylic acids is 1. The first-order valence-electron chi connectivity index (χ1n) is 6.05. The van der Waals surface area contributed by atoms with Gasteiger partial charge in [0.15, 0.2) is 0 Å². The van der Waals surface area contributed by atoms with Crippen molar-refractivity contribution in [1.82, 2.24) is 10.2 Å². The lowest BCUT2D eigenvalue weighted by molar-refractivity contribution is -0.126. The van der Waals surface area contributed by atoms with E-state index in [1.54, 1.807) is 11.9 Å². The molecule has 0 atom stereocenters. The Morgan fingerprint density at radius 2 is 2.16 bits per heavy atom. The zero-order valence-electron chi connectivity index (χ0n) is 11.2. The van der Waals surface area contributed by atoms with Crippen LogP contribution >= 0.6 is 12.4 Å². The van der Waals surface area contributed by atoms with Crippen LogP contribution in [0, 0.1) is 0 Å². The van der Waals surface area contributed by atoms with Gasteiger partial charge in [-0.2, -0.15) is 0 Å². The topological polar surface area (TPSA) is 41.6 Å². The summed E-state index contributed by atoms with van der Waals surface area (Å²) in [6, 6.07) is 7.74. The summed E-state index contributed by atoms with van der Waals surface area (Å²) in [5, 5.41) is 3.03. The first-order valence-corrected chi connectivity index (χ1v) is 6.05. The summed E-state index contributed by atoms with van der Waals surface area (Å²) in [6.45, 7) is 1.82. The molecule has 0 saturated heterocycles. The van der Waals surface area contributed by atoms with E-state index in [9.17, 15) is 4.79 Å². The largest absolute Gasteiger partial charge is 0.488 e. The van der Waals surface area contributed by atoms with Gasteiger partial charge in [-0.3, -0.25) is 4.79 Å². The number of fused-ring (bicyclic) bond motifs is 1. The second kappa shape index (κ2) is 7.16. The Morgan fingerprint density at radius 3 is 2.89 bits per heavy atom. The zero-order valence-corrected chi connectivity index (χ0v) is 12.0. The molecular formula is C14H19ClN2O2. The fraction of sp³-hybridized carbons (Fsp3) is 0.357. The van der Waals surface area contributed by atoms with Crippen LogP contribution < -0.4 is 10.1 Å². The highest BCUT2D eigenvalue weighted by molar-refractivity contribution is 5.99. The second-order valence-corrected chi connectivity index (χ2v) is 4.33. The minimum atomic E-state index is 0. The summed E-state index contributed by atoms with van der Waals surface area (Å²) < 4.78 is 5.58. The average Bonchev–Trinajstić information content (AvgIpc) is 2.43. The molecule has 0 spiro atoms. The van der Waals surface area contributed by atoms with E-state index in [-0.39, 0.29) is 18.3 Å². The maximum atomic E-state index is 12.2. The SMILES string of the molecule is CNCCN(C)C(=O)C1=Cc2ccccc2OC1.Cl. The Labute approximate surface area is 119 Å². The van der Waals surface area contributed by atoms with Gasteiger partial charge in [0.25, 0.3) is 5.91 Å². The standard InChI is InChI=1S/C14H18N2O2.ClH/c1-15-7-8-16(2)14(17)12-9-11-5-3-4-6-13(11)18-10-12;/h3-6,9,15H,7-8,10H2,1-2H3;1H. The number of nitrogens with one attached hydrogen (secondary N) is 1. The van der Waals surface area contributed by atoms with Crippen LogP contribution in [0.5, 0.6) is 5.75 Å². The minimum Gasteiger partial charge on any atom is -0.488 e. The molecule has 0 unspecified atom stereocenters. The Kier molecular flexibility index (Phi) is 5.86.